The van der Waals surface area contributed by atoms with Gasteiger partial charge in [0.2, 0.25) is 0 Å². The molecule has 0 fully saturated rings. The molecule has 24 heavy (non-hydrogen) atoms. The molecule has 0 aliphatic carbocycles. The lowest BCUT2D eigenvalue weighted by atomic mass is 10.2. The molecule has 0 radical (unpaired) electrons. The van der Waals surface area contributed by atoms with Crippen molar-refractivity contribution in [2.45, 2.75) is 12.9 Å². The molecular formula is C15H11BrClF3N2OS. The summed E-state index contributed by atoms with van der Waals surface area (Å²) in [6.45, 7) is 0.241. The standard InChI is InChI=1S/C15H11BrClF3N2OS/c16-12-5-4-10(7-13(12)17)22-14(24)21-8-9-2-1-3-11(6-9)23-15(18,19)20/h1-7H,8H2,(H2,21,22,24). The first-order valence-electron chi connectivity index (χ1n) is 6.57. The minimum absolute atomic E-state index is 0.241. The van der Waals surface area contributed by atoms with Crippen LogP contribution in [0.2, 0.25) is 5.02 Å². The minimum Gasteiger partial charge on any atom is -0.406 e. The summed E-state index contributed by atoms with van der Waals surface area (Å²) in [6.07, 6.45) is -4.72. The maximum atomic E-state index is 12.2. The molecule has 0 aromatic heterocycles. The predicted molar refractivity (Wildman–Crippen MR) is 95.3 cm³/mol. The Kier molecular flexibility index (Phi) is 6.31. The van der Waals surface area contributed by atoms with E-state index in [4.69, 9.17) is 23.8 Å². The zero-order valence-electron chi connectivity index (χ0n) is 12.0. The molecule has 2 aromatic carbocycles. The molecule has 0 heterocycles. The molecule has 3 nitrogen and oxygen atoms in total. The van der Waals surface area contributed by atoms with Crippen molar-refractivity contribution in [2.75, 3.05) is 5.32 Å². The lowest BCUT2D eigenvalue weighted by molar-refractivity contribution is -0.274. The maximum absolute atomic E-state index is 12.2. The molecule has 128 valence electrons. The Morgan fingerprint density at radius 3 is 2.62 bits per heavy atom. The number of rotatable bonds is 4. The number of alkyl halides is 3. The van der Waals surface area contributed by atoms with Crippen molar-refractivity contribution in [3.05, 3.63) is 57.5 Å². The zero-order chi connectivity index (χ0) is 17.7. The number of benzene rings is 2. The molecule has 0 bridgehead atoms. The van der Waals surface area contributed by atoms with E-state index >= 15 is 0 Å². The monoisotopic (exact) mass is 438 g/mol. The van der Waals surface area contributed by atoms with Gasteiger partial charge in [-0.15, -0.1) is 13.2 Å². The van der Waals surface area contributed by atoms with Crippen molar-refractivity contribution in [2.24, 2.45) is 0 Å². The highest BCUT2D eigenvalue weighted by atomic mass is 79.9. The molecule has 0 aliphatic heterocycles. The molecule has 0 atom stereocenters. The van der Waals surface area contributed by atoms with Gasteiger partial charge >= 0.3 is 6.36 Å². The predicted octanol–water partition coefficient (Wildman–Crippen LogP) is 5.49. The highest BCUT2D eigenvalue weighted by Crippen LogP contribution is 2.25. The van der Waals surface area contributed by atoms with Crippen molar-refractivity contribution in [3.63, 3.8) is 0 Å². The summed E-state index contributed by atoms with van der Waals surface area (Å²) in [5.41, 5.74) is 1.28. The van der Waals surface area contributed by atoms with E-state index in [1.807, 2.05) is 0 Å². The van der Waals surface area contributed by atoms with Gasteiger partial charge in [0.1, 0.15) is 5.75 Å². The summed E-state index contributed by atoms with van der Waals surface area (Å²) in [6, 6.07) is 10.9. The van der Waals surface area contributed by atoms with Crippen LogP contribution in [0.1, 0.15) is 5.56 Å². The van der Waals surface area contributed by atoms with E-state index in [9.17, 15) is 13.2 Å². The van der Waals surface area contributed by atoms with E-state index in [0.717, 1.165) is 4.47 Å². The normalized spacial score (nSPS) is 11.0. The Balaban J connectivity index is 1.91. The van der Waals surface area contributed by atoms with Crippen LogP contribution in [-0.2, 0) is 6.54 Å². The van der Waals surface area contributed by atoms with Crippen LogP contribution >= 0.6 is 39.7 Å². The fraction of sp³-hybridized carbons (Fsp3) is 0.133. The average molecular weight is 440 g/mol. The first kappa shape index (κ1) is 18.8. The topological polar surface area (TPSA) is 33.3 Å². The highest BCUT2D eigenvalue weighted by molar-refractivity contribution is 9.10. The van der Waals surface area contributed by atoms with Crippen LogP contribution in [0.4, 0.5) is 18.9 Å². The summed E-state index contributed by atoms with van der Waals surface area (Å²) >= 11 is 14.4. The Hall–Kier alpha value is -1.51. The number of anilines is 1. The van der Waals surface area contributed by atoms with E-state index in [-0.39, 0.29) is 12.3 Å². The van der Waals surface area contributed by atoms with Crippen LogP contribution < -0.4 is 15.4 Å². The fourth-order valence-corrected chi connectivity index (χ4v) is 2.40. The quantitative estimate of drug-likeness (QED) is 0.618. The lowest BCUT2D eigenvalue weighted by Gasteiger charge is -2.13. The number of halogens is 5. The molecule has 2 aromatic rings. The molecule has 0 amide bonds. The van der Waals surface area contributed by atoms with Gasteiger partial charge in [0.05, 0.1) is 5.02 Å². The summed E-state index contributed by atoms with van der Waals surface area (Å²) in [5.74, 6) is -0.277. The van der Waals surface area contributed by atoms with Crippen LogP contribution in [0.3, 0.4) is 0 Å². The highest BCUT2D eigenvalue weighted by Gasteiger charge is 2.31. The molecule has 2 N–H and O–H groups in total. The Bertz CT molecular complexity index is 743. The summed E-state index contributed by atoms with van der Waals surface area (Å²) < 4.78 is 41.3. The molecule has 9 heteroatoms. The van der Waals surface area contributed by atoms with Crippen molar-refractivity contribution >= 4 is 50.5 Å². The third kappa shape index (κ3) is 6.18. The number of thiocarbonyl (C=S) groups is 1. The summed E-state index contributed by atoms with van der Waals surface area (Å²) in [4.78, 5) is 0. The van der Waals surface area contributed by atoms with E-state index in [1.54, 1.807) is 24.3 Å². The van der Waals surface area contributed by atoms with Gasteiger partial charge in [0, 0.05) is 16.7 Å². The summed E-state index contributed by atoms with van der Waals surface area (Å²) in [7, 11) is 0. The van der Waals surface area contributed by atoms with Crippen LogP contribution in [-0.4, -0.2) is 11.5 Å². The van der Waals surface area contributed by atoms with Gasteiger partial charge < -0.3 is 15.4 Å². The molecular weight excluding hydrogens is 429 g/mol. The van der Waals surface area contributed by atoms with Gasteiger partial charge in [-0.25, -0.2) is 0 Å². The fourth-order valence-electron chi connectivity index (χ4n) is 1.78. The SMILES string of the molecule is FC(F)(F)Oc1cccc(CNC(=S)Nc2ccc(Br)c(Cl)c2)c1. The molecule has 0 unspecified atom stereocenters. The molecule has 0 saturated heterocycles. The third-order valence-corrected chi connectivity index (χ3v) is 4.24. The Morgan fingerprint density at radius 2 is 1.96 bits per heavy atom. The van der Waals surface area contributed by atoms with Crippen LogP contribution in [0.15, 0.2) is 46.9 Å². The maximum Gasteiger partial charge on any atom is 0.573 e. The van der Waals surface area contributed by atoms with Gasteiger partial charge in [-0.3, -0.25) is 0 Å². The van der Waals surface area contributed by atoms with Crippen LogP contribution in [0.25, 0.3) is 0 Å². The van der Waals surface area contributed by atoms with Gasteiger partial charge in [-0.2, -0.15) is 0 Å². The largest absolute Gasteiger partial charge is 0.573 e. The van der Waals surface area contributed by atoms with E-state index in [1.165, 1.54) is 18.2 Å². The minimum atomic E-state index is -4.72. The first-order valence-corrected chi connectivity index (χ1v) is 8.15. The Morgan fingerprint density at radius 1 is 1.21 bits per heavy atom. The van der Waals surface area contributed by atoms with Gasteiger partial charge in [0.15, 0.2) is 5.11 Å². The number of hydrogen-bond acceptors (Lipinski definition) is 2. The van der Waals surface area contributed by atoms with Gasteiger partial charge in [-0.05, 0) is 64.0 Å². The van der Waals surface area contributed by atoms with E-state index < -0.39 is 6.36 Å². The average Bonchev–Trinajstić information content (AvgIpc) is 2.48. The zero-order valence-corrected chi connectivity index (χ0v) is 15.1. The Labute approximate surface area is 155 Å². The lowest BCUT2D eigenvalue weighted by Crippen LogP contribution is -2.27. The number of ether oxygens (including phenoxy) is 1. The van der Waals surface area contributed by atoms with Crippen LogP contribution in [0, 0.1) is 0 Å². The van der Waals surface area contributed by atoms with E-state index in [0.29, 0.717) is 21.4 Å². The van der Waals surface area contributed by atoms with Crippen molar-refractivity contribution < 1.29 is 17.9 Å². The molecule has 0 spiro atoms. The summed E-state index contributed by atoms with van der Waals surface area (Å²) in [5, 5.41) is 6.68. The molecule has 2 rings (SSSR count). The number of nitrogens with one attached hydrogen (secondary N) is 2. The van der Waals surface area contributed by atoms with Gasteiger partial charge in [-0.1, -0.05) is 23.7 Å². The van der Waals surface area contributed by atoms with Crippen molar-refractivity contribution in [1.82, 2.24) is 5.32 Å². The first-order chi connectivity index (χ1) is 11.2. The molecule has 0 aliphatic rings. The second kappa shape index (κ2) is 8.04. The second-order valence-electron chi connectivity index (χ2n) is 4.63. The van der Waals surface area contributed by atoms with Gasteiger partial charge in [0.25, 0.3) is 0 Å². The van der Waals surface area contributed by atoms with E-state index in [2.05, 4.69) is 31.3 Å². The van der Waals surface area contributed by atoms with Crippen LogP contribution in [0.5, 0.6) is 5.75 Å². The van der Waals surface area contributed by atoms with Crippen molar-refractivity contribution in [1.29, 1.82) is 0 Å². The second-order valence-corrected chi connectivity index (χ2v) is 6.30. The molecule has 0 saturated carbocycles. The van der Waals surface area contributed by atoms with Crippen molar-refractivity contribution in [3.8, 4) is 5.75 Å². The number of hydrogen-bond donors (Lipinski definition) is 2. The smallest absolute Gasteiger partial charge is 0.406 e. The third-order valence-electron chi connectivity index (χ3n) is 2.76.